The van der Waals surface area contributed by atoms with Crippen LogP contribution in [0.3, 0.4) is 0 Å². The highest BCUT2D eigenvalue weighted by atomic mass is 79.9. The van der Waals surface area contributed by atoms with E-state index in [4.69, 9.17) is 16.3 Å². The van der Waals surface area contributed by atoms with Crippen molar-refractivity contribution in [2.45, 2.75) is 5.88 Å². The Morgan fingerprint density at radius 3 is 3.00 bits per heavy atom. The van der Waals surface area contributed by atoms with Crippen LogP contribution in [0, 0.1) is 10.1 Å². The number of hydrogen-bond acceptors (Lipinski definition) is 5. The Balaban J connectivity index is 2.02. The minimum absolute atomic E-state index is 0.0622. The largest absolute Gasteiger partial charge is 0.437 e. The van der Waals surface area contributed by atoms with Gasteiger partial charge < -0.3 is 4.74 Å². The van der Waals surface area contributed by atoms with E-state index in [-0.39, 0.29) is 11.6 Å². The number of fused-ring (bicyclic) bond motifs is 1. The summed E-state index contributed by atoms with van der Waals surface area (Å²) in [7, 11) is 0. The number of non-ortho nitro benzene ring substituents is 1. The van der Waals surface area contributed by atoms with Crippen molar-refractivity contribution in [1.29, 1.82) is 0 Å². The van der Waals surface area contributed by atoms with E-state index in [1.54, 1.807) is 6.07 Å². The van der Waals surface area contributed by atoms with Gasteiger partial charge in [0.2, 0.25) is 5.88 Å². The zero-order valence-electron chi connectivity index (χ0n) is 10.3. The topological polar surface area (TPSA) is 69.7 Å². The van der Waals surface area contributed by atoms with Gasteiger partial charge >= 0.3 is 0 Å². The van der Waals surface area contributed by atoms with Gasteiger partial charge in [0, 0.05) is 22.1 Å². The van der Waals surface area contributed by atoms with Crippen molar-refractivity contribution in [2.75, 3.05) is 0 Å². The third-order valence-corrected chi connectivity index (χ3v) is 4.20. The second kappa shape index (κ2) is 5.63. The van der Waals surface area contributed by atoms with Crippen LogP contribution in [0.1, 0.15) is 5.69 Å². The molecule has 0 bridgehead atoms. The Morgan fingerprint density at radius 2 is 2.29 bits per heavy atom. The van der Waals surface area contributed by atoms with Crippen molar-refractivity contribution in [1.82, 2.24) is 9.38 Å². The van der Waals surface area contributed by atoms with E-state index in [2.05, 4.69) is 20.9 Å². The average Bonchev–Trinajstić information content (AvgIpc) is 2.98. The maximum atomic E-state index is 10.9. The molecule has 3 aromatic rings. The Kier molecular flexibility index (Phi) is 3.83. The number of benzene rings is 1. The Bertz CT molecular complexity index is 832. The first-order chi connectivity index (χ1) is 10.1. The van der Waals surface area contributed by atoms with Gasteiger partial charge in [-0.2, -0.15) is 4.98 Å². The molecule has 108 valence electrons. The van der Waals surface area contributed by atoms with E-state index >= 15 is 0 Å². The smallest absolute Gasteiger partial charge is 0.274 e. The fourth-order valence-corrected chi connectivity index (χ4v) is 3.27. The van der Waals surface area contributed by atoms with Gasteiger partial charge in [-0.1, -0.05) is 15.9 Å². The van der Waals surface area contributed by atoms with Crippen LogP contribution in [-0.2, 0) is 5.88 Å². The third kappa shape index (κ3) is 2.74. The minimum Gasteiger partial charge on any atom is -0.437 e. The number of alkyl halides is 1. The van der Waals surface area contributed by atoms with Gasteiger partial charge in [0.25, 0.3) is 5.69 Å². The van der Waals surface area contributed by atoms with Crippen molar-refractivity contribution >= 4 is 49.5 Å². The minimum atomic E-state index is -0.480. The van der Waals surface area contributed by atoms with E-state index in [1.165, 1.54) is 23.5 Å². The summed E-state index contributed by atoms with van der Waals surface area (Å²) in [5, 5.41) is 12.8. The molecule has 0 saturated carbocycles. The van der Waals surface area contributed by atoms with Crippen LogP contribution >= 0.6 is 38.9 Å². The van der Waals surface area contributed by atoms with E-state index < -0.39 is 4.92 Å². The van der Waals surface area contributed by atoms with Gasteiger partial charge in [0.15, 0.2) is 4.96 Å². The summed E-state index contributed by atoms with van der Waals surface area (Å²) >= 11 is 10.6. The van der Waals surface area contributed by atoms with Gasteiger partial charge in [-0.15, -0.1) is 22.9 Å². The van der Waals surface area contributed by atoms with Crippen LogP contribution in [0.2, 0.25) is 0 Å². The molecular formula is C12H7BrClN3O3S. The number of rotatable bonds is 4. The molecule has 0 unspecified atom stereocenters. The molecule has 3 rings (SSSR count). The number of aromatic nitrogens is 2. The molecule has 2 aromatic heterocycles. The number of hydrogen-bond donors (Lipinski definition) is 0. The van der Waals surface area contributed by atoms with E-state index in [9.17, 15) is 10.1 Å². The molecule has 0 amide bonds. The standard InChI is InChI=1S/C12H7BrClN3O3S/c13-7-3-8(17(18)19)5-9(4-7)20-11-10(6-14)16-1-2-21-12(16)15-11/h1-5H,6H2. The van der Waals surface area contributed by atoms with Gasteiger partial charge in [-0.05, 0) is 6.07 Å². The van der Waals surface area contributed by atoms with Crippen molar-refractivity contribution in [3.05, 3.63) is 50.1 Å². The number of nitro benzene ring substituents is 1. The molecule has 0 spiro atoms. The van der Waals surface area contributed by atoms with Crippen LogP contribution in [0.5, 0.6) is 11.6 Å². The molecule has 2 heterocycles. The lowest BCUT2D eigenvalue weighted by Crippen LogP contribution is -1.93. The highest BCUT2D eigenvalue weighted by Crippen LogP contribution is 2.32. The molecule has 0 aliphatic rings. The van der Waals surface area contributed by atoms with Crippen molar-refractivity contribution in [3.8, 4) is 11.6 Å². The van der Waals surface area contributed by atoms with Crippen molar-refractivity contribution in [2.24, 2.45) is 0 Å². The molecule has 0 saturated heterocycles. The molecule has 1 aromatic carbocycles. The maximum absolute atomic E-state index is 10.9. The predicted molar refractivity (Wildman–Crippen MR) is 83.5 cm³/mol. The summed E-state index contributed by atoms with van der Waals surface area (Å²) in [4.78, 5) is 15.5. The van der Waals surface area contributed by atoms with E-state index in [0.29, 0.717) is 21.8 Å². The molecule has 0 atom stereocenters. The summed E-state index contributed by atoms with van der Waals surface area (Å²) in [6, 6.07) is 4.38. The lowest BCUT2D eigenvalue weighted by atomic mass is 10.3. The highest BCUT2D eigenvalue weighted by molar-refractivity contribution is 9.10. The van der Waals surface area contributed by atoms with Gasteiger partial charge in [-0.25, -0.2) is 0 Å². The Hall–Kier alpha value is -1.64. The number of ether oxygens (including phenoxy) is 1. The Labute approximate surface area is 136 Å². The van der Waals surface area contributed by atoms with Crippen LogP contribution < -0.4 is 4.74 Å². The molecule has 9 heteroatoms. The maximum Gasteiger partial charge on any atom is 0.274 e. The Morgan fingerprint density at radius 1 is 1.48 bits per heavy atom. The third-order valence-electron chi connectivity index (χ3n) is 2.73. The van der Waals surface area contributed by atoms with Crippen molar-refractivity contribution < 1.29 is 9.66 Å². The normalized spacial score (nSPS) is 11.0. The first-order valence-electron chi connectivity index (χ1n) is 5.71. The lowest BCUT2D eigenvalue weighted by Gasteiger charge is -2.05. The SMILES string of the molecule is O=[N+]([O-])c1cc(Br)cc(Oc2nc3sccn3c2CCl)c1. The summed E-state index contributed by atoms with van der Waals surface area (Å²) in [6.07, 6.45) is 1.85. The number of imidazole rings is 1. The van der Waals surface area contributed by atoms with Crippen molar-refractivity contribution in [3.63, 3.8) is 0 Å². The molecule has 0 aliphatic carbocycles. The summed E-state index contributed by atoms with van der Waals surface area (Å²) in [6.45, 7) is 0. The molecule has 0 fully saturated rings. The second-order valence-electron chi connectivity index (χ2n) is 4.06. The fraction of sp³-hybridized carbons (Fsp3) is 0.0833. The van der Waals surface area contributed by atoms with Gasteiger partial charge in [0.1, 0.15) is 11.4 Å². The fourth-order valence-electron chi connectivity index (χ4n) is 1.84. The molecule has 0 radical (unpaired) electrons. The molecule has 21 heavy (non-hydrogen) atoms. The van der Waals surface area contributed by atoms with E-state index in [0.717, 1.165) is 4.96 Å². The highest BCUT2D eigenvalue weighted by Gasteiger charge is 2.16. The number of nitrogens with zero attached hydrogens (tertiary/aromatic N) is 3. The average molecular weight is 389 g/mol. The number of nitro groups is 1. The summed E-state index contributed by atoms with van der Waals surface area (Å²) in [5.74, 6) is 0.904. The van der Waals surface area contributed by atoms with Gasteiger partial charge in [-0.3, -0.25) is 14.5 Å². The second-order valence-corrected chi connectivity index (χ2v) is 6.11. The molecular weight excluding hydrogens is 382 g/mol. The number of halogens is 2. The monoisotopic (exact) mass is 387 g/mol. The zero-order chi connectivity index (χ0) is 15.0. The predicted octanol–water partition coefficient (Wildman–Crippen LogP) is 4.60. The first kappa shape index (κ1) is 14.3. The quantitative estimate of drug-likeness (QED) is 0.372. The molecule has 6 nitrogen and oxygen atoms in total. The van der Waals surface area contributed by atoms with Gasteiger partial charge in [0.05, 0.1) is 16.9 Å². The first-order valence-corrected chi connectivity index (χ1v) is 7.92. The lowest BCUT2D eigenvalue weighted by molar-refractivity contribution is -0.385. The zero-order valence-corrected chi connectivity index (χ0v) is 13.5. The molecule has 0 aliphatic heterocycles. The van der Waals surface area contributed by atoms with Crippen LogP contribution in [0.25, 0.3) is 4.96 Å². The van der Waals surface area contributed by atoms with Crippen LogP contribution in [0.4, 0.5) is 5.69 Å². The van der Waals surface area contributed by atoms with Crippen LogP contribution in [-0.4, -0.2) is 14.3 Å². The summed E-state index contributed by atoms with van der Waals surface area (Å²) < 4.78 is 8.06. The molecule has 0 N–H and O–H groups in total. The number of thiazole rings is 1. The van der Waals surface area contributed by atoms with Crippen LogP contribution in [0.15, 0.2) is 34.2 Å². The van der Waals surface area contributed by atoms with E-state index in [1.807, 2.05) is 16.0 Å². The summed E-state index contributed by atoms with van der Waals surface area (Å²) in [5.41, 5.74) is 0.642.